The van der Waals surface area contributed by atoms with Gasteiger partial charge >= 0.3 is 5.97 Å². The van der Waals surface area contributed by atoms with Crippen LogP contribution < -0.4 is 29.3 Å². The minimum Gasteiger partial charge on any atom is -0.496 e. The van der Waals surface area contributed by atoms with Gasteiger partial charge in [0.25, 0.3) is 5.56 Å². The van der Waals surface area contributed by atoms with Gasteiger partial charge in [-0.1, -0.05) is 72.0 Å². The van der Waals surface area contributed by atoms with Crippen molar-refractivity contribution in [1.29, 1.82) is 0 Å². The quantitative estimate of drug-likeness (QED) is 0.149. The Balaban J connectivity index is 1.70. The van der Waals surface area contributed by atoms with E-state index in [1.54, 1.807) is 25.7 Å². The van der Waals surface area contributed by atoms with Crippen molar-refractivity contribution in [3.63, 3.8) is 0 Å². The van der Waals surface area contributed by atoms with Crippen LogP contribution in [0.15, 0.2) is 98.7 Å². The number of ether oxygens (including phenoxy) is 3. The van der Waals surface area contributed by atoms with Gasteiger partial charge in [-0.25, -0.2) is 9.79 Å². The maximum absolute atomic E-state index is 14.7. The monoisotopic (exact) mass is 725 g/mol. The topological polar surface area (TPSA) is 82.4 Å². The first kappa shape index (κ1) is 33.2. The molecule has 48 heavy (non-hydrogen) atoms. The third-order valence-electron chi connectivity index (χ3n) is 8.49. The van der Waals surface area contributed by atoms with Crippen LogP contribution in [-0.4, -0.2) is 44.5 Å². The van der Waals surface area contributed by atoms with E-state index < -0.39 is 12.0 Å². The second-order valence-electron chi connectivity index (χ2n) is 11.1. The molecule has 8 nitrogen and oxygen atoms in total. The Hall–Kier alpha value is -4.67. The molecule has 2 heterocycles. The van der Waals surface area contributed by atoms with Crippen LogP contribution in [0.2, 0.25) is 0 Å². The molecule has 5 aromatic rings. The Labute approximate surface area is 291 Å². The number of esters is 1. The summed E-state index contributed by atoms with van der Waals surface area (Å²) in [5, 5.41) is 1.80. The molecule has 0 saturated carbocycles. The number of thiazole rings is 1. The number of carbonyl (C=O) groups excluding carboxylic acids is 1. The standard InChI is InChI=1S/C38H36BrN3O5S/c1-6-41(7-2)28-22-30(46-5)25(20-27(28)39)21-31-36(43)42-35(32-26-17-13-12-14-23(26)18-19-29(32)45-4)33(37(44)47-8-3)34(40-38(42)48-31)24-15-10-9-11-16-24/h9-22,35H,6-8H2,1-5H3. The van der Waals surface area contributed by atoms with Gasteiger partial charge in [-0.2, -0.15) is 0 Å². The van der Waals surface area contributed by atoms with Crippen LogP contribution in [0.25, 0.3) is 22.5 Å². The van der Waals surface area contributed by atoms with Gasteiger partial charge in [-0.3, -0.25) is 9.36 Å². The van der Waals surface area contributed by atoms with E-state index in [9.17, 15) is 9.59 Å². The molecule has 246 valence electrons. The van der Waals surface area contributed by atoms with Crippen LogP contribution in [0.1, 0.15) is 43.5 Å². The predicted octanol–water partition coefficient (Wildman–Crippen LogP) is 6.71. The highest BCUT2D eigenvalue weighted by molar-refractivity contribution is 9.10. The summed E-state index contributed by atoms with van der Waals surface area (Å²) in [4.78, 5) is 36.4. The zero-order valence-corrected chi connectivity index (χ0v) is 29.9. The van der Waals surface area contributed by atoms with E-state index in [-0.39, 0.29) is 17.7 Å². The number of rotatable bonds is 10. The van der Waals surface area contributed by atoms with E-state index in [2.05, 4.69) is 34.7 Å². The summed E-state index contributed by atoms with van der Waals surface area (Å²) >= 11 is 5.01. The maximum Gasteiger partial charge on any atom is 0.338 e. The van der Waals surface area contributed by atoms with E-state index in [0.29, 0.717) is 32.1 Å². The van der Waals surface area contributed by atoms with Crippen molar-refractivity contribution in [2.24, 2.45) is 4.99 Å². The van der Waals surface area contributed by atoms with Crippen molar-refractivity contribution in [2.75, 3.05) is 38.8 Å². The second-order valence-corrected chi connectivity index (χ2v) is 12.9. The molecule has 0 fully saturated rings. The lowest BCUT2D eigenvalue weighted by atomic mass is 9.89. The number of fused-ring (bicyclic) bond motifs is 2. The summed E-state index contributed by atoms with van der Waals surface area (Å²) in [6.45, 7) is 7.80. The molecule has 1 atom stereocenters. The molecule has 0 radical (unpaired) electrons. The third-order valence-corrected chi connectivity index (χ3v) is 10.1. The van der Waals surface area contributed by atoms with Crippen molar-refractivity contribution < 1.29 is 19.0 Å². The van der Waals surface area contributed by atoms with Crippen molar-refractivity contribution >= 4 is 61.5 Å². The zero-order chi connectivity index (χ0) is 33.9. The summed E-state index contributed by atoms with van der Waals surface area (Å²) in [5.41, 5.74) is 3.58. The van der Waals surface area contributed by atoms with Crippen molar-refractivity contribution in [2.45, 2.75) is 26.8 Å². The highest BCUT2D eigenvalue weighted by Crippen LogP contribution is 2.42. The van der Waals surface area contributed by atoms with Gasteiger partial charge in [0.15, 0.2) is 4.80 Å². The summed E-state index contributed by atoms with van der Waals surface area (Å²) in [7, 11) is 3.22. The average Bonchev–Trinajstić information content (AvgIpc) is 3.42. The number of methoxy groups -OCH3 is 2. The lowest BCUT2D eigenvalue weighted by Gasteiger charge is -2.28. The summed E-state index contributed by atoms with van der Waals surface area (Å²) in [6, 6.07) is 24.3. The molecule has 0 saturated heterocycles. The number of aromatic nitrogens is 1. The number of nitrogens with zero attached hydrogens (tertiary/aromatic N) is 3. The van der Waals surface area contributed by atoms with Crippen molar-refractivity contribution in [1.82, 2.24) is 4.57 Å². The van der Waals surface area contributed by atoms with Crippen LogP contribution in [0, 0.1) is 0 Å². The fourth-order valence-corrected chi connectivity index (χ4v) is 7.85. The highest BCUT2D eigenvalue weighted by Gasteiger charge is 2.37. The number of hydrogen-bond acceptors (Lipinski definition) is 8. The molecule has 0 spiro atoms. The Morgan fingerprint density at radius 3 is 2.35 bits per heavy atom. The summed E-state index contributed by atoms with van der Waals surface area (Å²) in [6.07, 6.45) is 1.83. The summed E-state index contributed by atoms with van der Waals surface area (Å²) in [5.74, 6) is 0.629. The molecular formula is C38H36BrN3O5S. The number of carbonyl (C=O) groups is 1. The van der Waals surface area contributed by atoms with Crippen LogP contribution in [0.4, 0.5) is 5.69 Å². The van der Waals surface area contributed by atoms with Gasteiger partial charge in [0.05, 0.1) is 42.3 Å². The van der Waals surface area contributed by atoms with E-state index in [0.717, 1.165) is 45.1 Å². The molecule has 10 heteroatoms. The summed E-state index contributed by atoms with van der Waals surface area (Å²) < 4.78 is 20.4. The van der Waals surface area contributed by atoms with Crippen LogP contribution in [0.3, 0.4) is 0 Å². The lowest BCUT2D eigenvalue weighted by molar-refractivity contribution is -0.138. The minimum atomic E-state index is -0.891. The molecular weight excluding hydrogens is 690 g/mol. The molecule has 0 amide bonds. The molecule has 0 N–H and O–H groups in total. The van der Waals surface area contributed by atoms with Gasteiger partial charge in [-0.15, -0.1) is 0 Å². The first-order valence-corrected chi connectivity index (χ1v) is 17.4. The lowest BCUT2D eigenvalue weighted by Crippen LogP contribution is -2.40. The van der Waals surface area contributed by atoms with Gasteiger partial charge in [0, 0.05) is 40.3 Å². The first-order valence-electron chi connectivity index (χ1n) is 15.8. The number of benzene rings is 4. The molecule has 1 aliphatic heterocycles. The molecule has 1 aromatic heterocycles. The molecule has 1 unspecified atom stereocenters. The van der Waals surface area contributed by atoms with Crippen molar-refractivity contribution in [3.05, 3.63) is 125 Å². The molecule has 0 aliphatic carbocycles. The predicted molar refractivity (Wildman–Crippen MR) is 196 cm³/mol. The number of anilines is 1. The fourth-order valence-electron chi connectivity index (χ4n) is 6.24. The minimum absolute atomic E-state index is 0.159. The number of hydrogen-bond donors (Lipinski definition) is 0. The van der Waals surface area contributed by atoms with Gasteiger partial charge in [0.1, 0.15) is 17.5 Å². The van der Waals surface area contributed by atoms with E-state index in [4.69, 9.17) is 19.2 Å². The first-order chi connectivity index (χ1) is 23.3. The smallest absolute Gasteiger partial charge is 0.338 e. The van der Waals surface area contributed by atoms with Crippen molar-refractivity contribution in [3.8, 4) is 11.5 Å². The molecule has 4 aromatic carbocycles. The number of halogens is 1. The van der Waals surface area contributed by atoms with E-state index >= 15 is 0 Å². The normalized spacial score (nSPS) is 14.5. The van der Waals surface area contributed by atoms with Gasteiger partial charge in [-0.05, 0) is 65.7 Å². The van der Waals surface area contributed by atoms with E-state index in [1.165, 1.54) is 11.3 Å². The second kappa shape index (κ2) is 14.2. The van der Waals surface area contributed by atoms with Gasteiger partial charge in [0.2, 0.25) is 0 Å². The van der Waals surface area contributed by atoms with Gasteiger partial charge < -0.3 is 19.1 Å². The Kier molecular flexibility index (Phi) is 9.84. The van der Waals surface area contributed by atoms with Crippen LogP contribution in [-0.2, 0) is 9.53 Å². The largest absolute Gasteiger partial charge is 0.496 e. The Bertz CT molecular complexity index is 2220. The molecule has 6 rings (SSSR count). The van der Waals surface area contributed by atoms with Crippen LogP contribution in [0.5, 0.6) is 11.5 Å². The average molecular weight is 727 g/mol. The Morgan fingerprint density at radius 2 is 1.67 bits per heavy atom. The molecule has 0 bridgehead atoms. The van der Waals surface area contributed by atoms with E-state index in [1.807, 2.05) is 84.9 Å². The highest BCUT2D eigenvalue weighted by atomic mass is 79.9. The Morgan fingerprint density at radius 1 is 0.958 bits per heavy atom. The maximum atomic E-state index is 14.7. The molecule has 1 aliphatic rings. The SMILES string of the molecule is CCOC(=O)C1=C(c2ccccc2)N=c2sc(=Cc3cc(Br)c(N(CC)CC)cc3OC)c(=O)n2C1c1c(OC)ccc2ccccc12. The third kappa shape index (κ3) is 5.95. The van der Waals surface area contributed by atoms with Crippen LogP contribution >= 0.6 is 27.3 Å². The zero-order valence-electron chi connectivity index (χ0n) is 27.5. The fraction of sp³-hybridized carbons (Fsp3) is 0.237.